The summed E-state index contributed by atoms with van der Waals surface area (Å²) >= 11 is 1.38. The molecule has 1 N–H and O–H groups in total. The zero-order valence-electron chi connectivity index (χ0n) is 18.5. The maximum absolute atomic E-state index is 13.7. The lowest BCUT2D eigenvalue weighted by molar-refractivity contribution is -0.138. The average molecular weight is 479 g/mol. The van der Waals surface area contributed by atoms with Gasteiger partial charge in [-0.25, -0.2) is 14.2 Å². The Morgan fingerprint density at radius 2 is 2.09 bits per heavy atom. The van der Waals surface area contributed by atoms with E-state index in [1.165, 1.54) is 30.0 Å². The molecule has 7 nitrogen and oxygen atoms in total. The van der Waals surface area contributed by atoms with Gasteiger partial charge in [0.1, 0.15) is 12.4 Å². The second kappa shape index (κ2) is 10.5. The SMILES string of the molecule is C=CCOC(=O)C1=C(C)N=C2SC=C(CC(=O)NCc3cccnc3)N2C1c1ccc(F)cc1. The van der Waals surface area contributed by atoms with Crippen LogP contribution in [0, 0.1) is 5.82 Å². The van der Waals surface area contributed by atoms with Gasteiger partial charge in [0.25, 0.3) is 0 Å². The van der Waals surface area contributed by atoms with E-state index >= 15 is 0 Å². The molecule has 174 valence electrons. The van der Waals surface area contributed by atoms with E-state index in [0.717, 1.165) is 5.56 Å². The number of hydrogen-bond donors (Lipinski definition) is 1. The van der Waals surface area contributed by atoms with Gasteiger partial charge in [-0.1, -0.05) is 42.6 Å². The molecule has 1 amide bonds. The van der Waals surface area contributed by atoms with Crippen molar-refractivity contribution in [1.29, 1.82) is 0 Å². The maximum atomic E-state index is 13.7. The zero-order chi connectivity index (χ0) is 24.1. The number of pyridine rings is 1. The van der Waals surface area contributed by atoms with Gasteiger partial charge in [-0.3, -0.25) is 9.78 Å². The zero-order valence-corrected chi connectivity index (χ0v) is 19.3. The van der Waals surface area contributed by atoms with E-state index in [0.29, 0.717) is 34.2 Å². The van der Waals surface area contributed by atoms with Crippen molar-refractivity contribution < 1.29 is 18.7 Å². The summed E-state index contributed by atoms with van der Waals surface area (Å²) in [5.41, 5.74) is 3.10. The Morgan fingerprint density at radius 3 is 2.79 bits per heavy atom. The van der Waals surface area contributed by atoms with Crippen molar-refractivity contribution in [2.75, 3.05) is 6.61 Å². The van der Waals surface area contributed by atoms with E-state index in [1.807, 2.05) is 22.4 Å². The molecule has 3 heterocycles. The monoisotopic (exact) mass is 478 g/mol. The number of nitrogens with one attached hydrogen (secondary N) is 1. The Morgan fingerprint density at radius 1 is 1.29 bits per heavy atom. The van der Waals surface area contributed by atoms with Gasteiger partial charge in [-0.2, -0.15) is 0 Å². The van der Waals surface area contributed by atoms with Gasteiger partial charge in [-0.05, 0) is 41.7 Å². The second-order valence-electron chi connectivity index (χ2n) is 7.65. The van der Waals surface area contributed by atoms with Gasteiger partial charge in [0.2, 0.25) is 5.91 Å². The van der Waals surface area contributed by atoms with Crippen molar-refractivity contribution in [3.63, 3.8) is 0 Å². The Kier molecular flexibility index (Phi) is 7.22. The molecular weight excluding hydrogens is 455 g/mol. The molecule has 0 saturated carbocycles. The molecule has 1 unspecified atom stereocenters. The fourth-order valence-electron chi connectivity index (χ4n) is 3.73. The second-order valence-corrected chi connectivity index (χ2v) is 8.48. The third kappa shape index (κ3) is 5.09. The number of rotatable bonds is 8. The fraction of sp³-hybridized carbons (Fsp3) is 0.200. The number of benzene rings is 1. The highest BCUT2D eigenvalue weighted by Crippen LogP contribution is 2.44. The topological polar surface area (TPSA) is 83.9 Å². The minimum Gasteiger partial charge on any atom is -0.458 e. The summed E-state index contributed by atoms with van der Waals surface area (Å²) in [6.45, 7) is 5.73. The maximum Gasteiger partial charge on any atom is 0.338 e. The molecule has 0 fully saturated rings. The first-order valence-corrected chi connectivity index (χ1v) is 11.5. The summed E-state index contributed by atoms with van der Waals surface area (Å²) in [4.78, 5) is 36.2. The van der Waals surface area contributed by atoms with Crippen LogP contribution in [0.1, 0.15) is 30.5 Å². The van der Waals surface area contributed by atoms with Crippen LogP contribution in [0.4, 0.5) is 4.39 Å². The fourth-order valence-corrected chi connectivity index (χ4v) is 4.70. The molecule has 0 bridgehead atoms. The largest absolute Gasteiger partial charge is 0.458 e. The van der Waals surface area contributed by atoms with Gasteiger partial charge in [0.15, 0.2) is 5.17 Å². The summed E-state index contributed by atoms with van der Waals surface area (Å²) in [5.74, 6) is -1.10. The smallest absolute Gasteiger partial charge is 0.338 e. The van der Waals surface area contributed by atoms with Crippen LogP contribution in [0.2, 0.25) is 0 Å². The number of thioether (sulfide) groups is 1. The number of aliphatic imine (C=N–C) groups is 1. The molecule has 0 radical (unpaired) electrons. The van der Waals surface area contributed by atoms with Crippen LogP contribution in [-0.4, -0.2) is 33.5 Å². The lowest BCUT2D eigenvalue weighted by Crippen LogP contribution is -2.38. The minimum atomic E-state index is -0.613. The van der Waals surface area contributed by atoms with Crippen molar-refractivity contribution in [3.8, 4) is 0 Å². The molecular formula is C25H23FN4O3S. The standard InChI is InChI=1S/C25H23FN4O3S/c1-3-11-33-24(32)22-16(2)29-25-30(23(22)18-6-8-19(26)9-7-18)20(15-34-25)12-21(31)28-14-17-5-4-10-27-13-17/h3-10,13,15,23H,1,11-12,14H2,2H3,(H,28,31). The number of carbonyl (C=O) groups excluding carboxylic acids is 2. The number of halogens is 1. The molecule has 1 atom stereocenters. The normalized spacial score (nSPS) is 17.0. The predicted octanol–water partition coefficient (Wildman–Crippen LogP) is 4.23. The van der Waals surface area contributed by atoms with Crippen LogP contribution in [0.25, 0.3) is 0 Å². The summed E-state index contributed by atoms with van der Waals surface area (Å²) in [6.07, 6.45) is 4.94. The number of allylic oxidation sites excluding steroid dienone is 1. The van der Waals surface area contributed by atoms with Gasteiger partial charge < -0.3 is 15.0 Å². The van der Waals surface area contributed by atoms with E-state index in [1.54, 1.807) is 31.5 Å². The summed E-state index contributed by atoms with van der Waals surface area (Å²) in [6, 6.07) is 9.01. The minimum absolute atomic E-state index is 0.0521. The van der Waals surface area contributed by atoms with Gasteiger partial charge >= 0.3 is 5.97 Å². The number of carbonyl (C=O) groups is 2. The van der Waals surface area contributed by atoms with Crippen molar-refractivity contribution in [3.05, 3.63) is 101 Å². The van der Waals surface area contributed by atoms with Crippen LogP contribution in [0.15, 0.2) is 88.8 Å². The van der Waals surface area contributed by atoms with Crippen LogP contribution >= 0.6 is 11.8 Å². The molecule has 2 aliphatic heterocycles. The van der Waals surface area contributed by atoms with E-state index in [2.05, 4.69) is 21.9 Å². The van der Waals surface area contributed by atoms with Crippen LogP contribution in [-0.2, 0) is 20.9 Å². The van der Waals surface area contributed by atoms with E-state index in [-0.39, 0.29) is 24.8 Å². The first kappa shape index (κ1) is 23.4. The number of amides is 1. The van der Waals surface area contributed by atoms with Crippen LogP contribution in [0.5, 0.6) is 0 Å². The number of hydrogen-bond acceptors (Lipinski definition) is 7. The first-order valence-electron chi connectivity index (χ1n) is 10.6. The Hall–Kier alpha value is -3.72. The lowest BCUT2D eigenvalue weighted by Gasteiger charge is -2.36. The van der Waals surface area contributed by atoms with E-state index in [4.69, 9.17) is 4.74 Å². The molecule has 1 aromatic heterocycles. The molecule has 4 rings (SSSR count). The van der Waals surface area contributed by atoms with Crippen LogP contribution in [0.3, 0.4) is 0 Å². The molecule has 0 saturated heterocycles. The van der Waals surface area contributed by atoms with Crippen molar-refractivity contribution >= 4 is 28.8 Å². The number of esters is 1. The Bertz CT molecular complexity index is 1190. The number of nitrogens with zero attached hydrogens (tertiary/aromatic N) is 3. The summed E-state index contributed by atoms with van der Waals surface area (Å²) in [5, 5.41) is 5.39. The van der Waals surface area contributed by atoms with Crippen molar-refractivity contribution in [2.24, 2.45) is 4.99 Å². The third-order valence-corrected chi connectivity index (χ3v) is 6.18. The summed E-state index contributed by atoms with van der Waals surface area (Å²) in [7, 11) is 0. The highest BCUT2D eigenvalue weighted by Gasteiger charge is 2.41. The molecule has 2 aliphatic rings. The highest BCUT2D eigenvalue weighted by atomic mass is 32.2. The number of fused-ring (bicyclic) bond motifs is 1. The molecule has 1 aromatic carbocycles. The van der Waals surface area contributed by atoms with Gasteiger partial charge in [-0.15, -0.1) is 0 Å². The third-order valence-electron chi connectivity index (χ3n) is 5.29. The molecule has 34 heavy (non-hydrogen) atoms. The number of ether oxygens (including phenoxy) is 1. The molecule has 0 spiro atoms. The highest BCUT2D eigenvalue weighted by molar-refractivity contribution is 8.16. The number of amidine groups is 1. The van der Waals surface area contributed by atoms with Gasteiger partial charge in [0, 0.05) is 24.6 Å². The lowest BCUT2D eigenvalue weighted by atomic mass is 9.94. The quantitative estimate of drug-likeness (QED) is 0.452. The Balaban J connectivity index is 1.60. The number of aromatic nitrogens is 1. The van der Waals surface area contributed by atoms with E-state index < -0.39 is 12.0 Å². The van der Waals surface area contributed by atoms with Crippen molar-refractivity contribution in [2.45, 2.75) is 25.9 Å². The van der Waals surface area contributed by atoms with Crippen LogP contribution < -0.4 is 5.32 Å². The van der Waals surface area contributed by atoms with E-state index in [9.17, 15) is 14.0 Å². The molecule has 0 aliphatic carbocycles. The summed E-state index contributed by atoms with van der Waals surface area (Å²) < 4.78 is 19.0. The average Bonchev–Trinajstić information content (AvgIpc) is 3.23. The van der Waals surface area contributed by atoms with Gasteiger partial charge in [0.05, 0.1) is 23.7 Å². The Labute approximate surface area is 201 Å². The first-order chi connectivity index (χ1) is 16.5. The van der Waals surface area contributed by atoms with Crippen molar-refractivity contribution in [1.82, 2.24) is 15.2 Å². The molecule has 2 aromatic rings. The predicted molar refractivity (Wildman–Crippen MR) is 129 cm³/mol. The molecule has 9 heteroatoms.